The van der Waals surface area contributed by atoms with Crippen molar-refractivity contribution < 1.29 is 29.1 Å². The highest BCUT2D eigenvalue weighted by Gasteiger charge is 2.38. The van der Waals surface area contributed by atoms with Gasteiger partial charge in [0.05, 0.1) is 6.61 Å². The number of carbonyl (C=O) groups excluding carboxylic acids is 5. The van der Waals surface area contributed by atoms with Gasteiger partial charge < -0.3 is 37.8 Å². The van der Waals surface area contributed by atoms with Crippen molar-refractivity contribution in [1.82, 2.24) is 15.5 Å². The normalized spacial score (nSPS) is 19.1. The topological polar surface area (TPSA) is 211 Å². The standard InChI is InChI=1S/C18H32N6O6/c1-9(2)14(17(29)22-11(15(21)27)5-6-13(20)26)23-16(28)12-4-3-7-24(12)18(30)10(19)8-25/h9-12,14,25H,3-8,19H2,1-2H3,(H2,20,26)(H2,21,27)(H,22,29)(H,23,28)/t10-,11-,12-,14-/m0/s1. The molecule has 1 aliphatic rings. The molecule has 170 valence electrons. The summed E-state index contributed by atoms with van der Waals surface area (Å²) in [5, 5.41) is 14.2. The SMILES string of the molecule is CC(C)[C@H](NC(=O)[C@@H]1CCCN1C(=O)[C@@H](N)CO)C(=O)N[C@@H](CCC(N)=O)C(N)=O. The average Bonchev–Trinajstić information content (AvgIpc) is 3.16. The fourth-order valence-electron chi connectivity index (χ4n) is 3.21. The fraction of sp³-hybridized carbons (Fsp3) is 0.722. The number of carbonyl (C=O) groups is 5. The number of nitrogens with one attached hydrogen (secondary N) is 2. The number of amides is 5. The fourth-order valence-corrected chi connectivity index (χ4v) is 3.21. The summed E-state index contributed by atoms with van der Waals surface area (Å²) < 4.78 is 0. The van der Waals surface area contributed by atoms with E-state index in [-0.39, 0.29) is 18.8 Å². The van der Waals surface area contributed by atoms with Crippen LogP contribution in [0.3, 0.4) is 0 Å². The van der Waals surface area contributed by atoms with E-state index in [2.05, 4.69) is 10.6 Å². The van der Waals surface area contributed by atoms with E-state index in [0.717, 1.165) is 0 Å². The summed E-state index contributed by atoms with van der Waals surface area (Å²) in [6.07, 6.45) is 0.776. The number of rotatable bonds is 11. The Morgan fingerprint density at radius 3 is 2.27 bits per heavy atom. The van der Waals surface area contributed by atoms with Gasteiger partial charge in [0.15, 0.2) is 0 Å². The molecule has 12 heteroatoms. The van der Waals surface area contributed by atoms with Crippen molar-refractivity contribution in [3.05, 3.63) is 0 Å². The van der Waals surface area contributed by atoms with Crippen molar-refractivity contribution in [2.75, 3.05) is 13.2 Å². The lowest BCUT2D eigenvalue weighted by Crippen LogP contribution is -2.58. The van der Waals surface area contributed by atoms with E-state index in [1.54, 1.807) is 13.8 Å². The number of likely N-dealkylation sites (tertiary alicyclic amines) is 1. The number of primary amides is 2. The third-order valence-corrected chi connectivity index (χ3v) is 4.94. The molecule has 0 radical (unpaired) electrons. The highest BCUT2D eigenvalue weighted by Crippen LogP contribution is 2.19. The molecule has 0 aliphatic carbocycles. The van der Waals surface area contributed by atoms with Crippen LogP contribution in [0.25, 0.3) is 0 Å². The Balaban J connectivity index is 2.85. The zero-order chi connectivity index (χ0) is 23.0. The van der Waals surface area contributed by atoms with Crippen molar-refractivity contribution in [1.29, 1.82) is 0 Å². The van der Waals surface area contributed by atoms with Gasteiger partial charge in [-0.3, -0.25) is 24.0 Å². The molecular formula is C18H32N6O6. The number of hydrogen-bond acceptors (Lipinski definition) is 7. The molecule has 1 fully saturated rings. The first-order chi connectivity index (χ1) is 14.0. The van der Waals surface area contributed by atoms with Crippen molar-refractivity contribution in [2.24, 2.45) is 23.1 Å². The van der Waals surface area contributed by atoms with Gasteiger partial charge in [-0.1, -0.05) is 13.8 Å². The van der Waals surface area contributed by atoms with Gasteiger partial charge >= 0.3 is 0 Å². The maximum Gasteiger partial charge on any atom is 0.243 e. The summed E-state index contributed by atoms with van der Waals surface area (Å²) in [4.78, 5) is 61.6. The zero-order valence-electron chi connectivity index (χ0n) is 17.3. The van der Waals surface area contributed by atoms with E-state index < -0.39 is 60.3 Å². The van der Waals surface area contributed by atoms with Crippen LogP contribution in [0, 0.1) is 5.92 Å². The van der Waals surface area contributed by atoms with E-state index >= 15 is 0 Å². The van der Waals surface area contributed by atoms with Gasteiger partial charge in [0, 0.05) is 13.0 Å². The third kappa shape index (κ3) is 6.95. The summed E-state index contributed by atoms with van der Waals surface area (Å²) >= 11 is 0. The van der Waals surface area contributed by atoms with Crippen LogP contribution in [0.1, 0.15) is 39.5 Å². The molecule has 0 aromatic heterocycles. The minimum absolute atomic E-state index is 0.0564. The van der Waals surface area contributed by atoms with Crippen LogP contribution in [-0.2, 0) is 24.0 Å². The summed E-state index contributed by atoms with van der Waals surface area (Å²) in [5.41, 5.74) is 15.9. The van der Waals surface area contributed by atoms with E-state index in [0.29, 0.717) is 19.4 Å². The molecule has 0 aromatic carbocycles. The summed E-state index contributed by atoms with van der Waals surface area (Å²) in [7, 11) is 0. The lowest BCUT2D eigenvalue weighted by atomic mass is 10.0. The molecule has 30 heavy (non-hydrogen) atoms. The van der Waals surface area contributed by atoms with Crippen LogP contribution in [0.4, 0.5) is 0 Å². The second kappa shape index (κ2) is 11.5. The molecule has 0 bridgehead atoms. The number of hydrogen-bond donors (Lipinski definition) is 6. The van der Waals surface area contributed by atoms with Crippen molar-refractivity contribution in [2.45, 2.75) is 63.7 Å². The highest BCUT2D eigenvalue weighted by molar-refractivity contribution is 5.95. The molecule has 9 N–H and O–H groups in total. The van der Waals surface area contributed by atoms with Gasteiger partial charge in [-0.05, 0) is 25.2 Å². The monoisotopic (exact) mass is 428 g/mol. The smallest absolute Gasteiger partial charge is 0.243 e. The lowest BCUT2D eigenvalue weighted by Gasteiger charge is -2.29. The van der Waals surface area contributed by atoms with Crippen molar-refractivity contribution >= 4 is 29.5 Å². The maximum atomic E-state index is 12.8. The summed E-state index contributed by atoms with van der Waals surface area (Å²) in [6.45, 7) is 3.18. The molecule has 0 spiro atoms. The van der Waals surface area contributed by atoms with E-state index in [1.807, 2.05) is 0 Å². The molecule has 0 saturated carbocycles. The van der Waals surface area contributed by atoms with Gasteiger partial charge in [-0.25, -0.2) is 0 Å². The average molecular weight is 428 g/mol. The molecule has 0 unspecified atom stereocenters. The molecule has 0 aromatic rings. The molecule has 1 rings (SSSR count). The second-order valence-electron chi connectivity index (χ2n) is 7.68. The quantitative estimate of drug-likeness (QED) is 0.197. The number of nitrogens with two attached hydrogens (primary N) is 3. The predicted molar refractivity (Wildman–Crippen MR) is 106 cm³/mol. The molecule has 1 aliphatic heterocycles. The van der Waals surface area contributed by atoms with Gasteiger partial charge in [-0.2, -0.15) is 0 Å². The molecule has 1 saturated heterocycles. The van der Waals surface area contributed by atoms with Crippen LogP contribution < -0.4 is 27.8 Å². The first kappa shape index (κ1) is 25.3. The van der Waals surface area contributed by atoms with Crippen molar-refractivity contribution in [3.8, 4) is 0 Å². The highest BCUT2D eigenvalue weighted by atomic mass is 16.3. The van der Waals surface area contributed by atoms with Crippen molar-refractivity contribution in [3.63, 3.8) is 0 Å². The van der Waals surface area contributed by atoms with Crippen LogP contribution in [0.5, 0.6) is 0 Å². The minimum atomic E-state index is -1.12. The molecule has 5 amide bonds. The Kier molecular flexibility index (Phi) is 9.66. The number of aliphatic hydroxyl groups is 1. The van der Waals surface area contributed by atoms with E-state index in [1.165, 1.54) is 4.90 Å². The number of aliphatic hydroxyl groups excluding tert-OH is 1. The number of nitrogens with zero attached hydrogens (tertiary/aromatic N) is 1. The van der Waals surface area contributed by atoms with Gasteiger partial charge in [0.25, 0.3) is 0 Å². The van der Waals surface area contributed by atoms with E-state index in [9.17, 15) is 24.0 Å². The van der Waals surface area contributed by atoms with Gasteiger partial charge in [0.1, 0.15) is 24.2 Å². The molecule has 12 nitrogen and oxygen atoms in total. The first-order valence-corrected chi connectivity index (χ1v) is 9.84. The Hall–Kier alpha value is -2.73. The Morgan fingerprint density at radius 1 is 1.13 bits per heavy atom. The Labute approximate surface area is 174 Å². The Morgan fingerprint density at radius 2 is 1.77 bits per heavy atom. The third-order valence-electron chi connectivity index (χ3n) is 4.94. The summed E-state index contributed by atoms with van der Waals surface area (Å²) in [6, 6.07) is -4.05. The zero-order valence-corrected chi connectivity index (χ0v) is 17.3. The largest absolute Gasteiger partial charge is 0.394 e. The van der Waals surface area contributed by atoms with Crippen LogP contribution >= 0.6 is 0 Å². The molecule has 1 heterocycles. The van der Waals surface area contributed by atoms with E-state index in [4.69, 9.17) is 22.3 Å². The predicted octanol–water partition coefficient (Wildman–Crippen LogP) is -3.33. The second-order valence-corrected chi connectivity index (χ2v) is 7.68. The van der Waals surface area contributed by atoms with Crippen LogP contribution in [0.15, 0.2) is 0 Å². The van der Waals surface area contributed by atoms with Gasteiger partial charge in [0.2, 0.25) is 29.5 Å². The van der Waals surface area contributed by atoms with Gasteiger partial charge in [-0.15, -0.1) is 0 Å². The van der Waals surface area contributed by atoms with Crippen LogP contribution in [0.2, 0.25) is 0 Å². The lowest BCUT2D eigenvalue weighted by molar-refractivity contribution is -0.141. The molecular weight excluding hydrogens is 396 g/mol. The first-order valence-electron chi connectivity index (χ1n) is 9.84. The Bertz CT molecular complexity index is 670. The summed E-state index contributed by atoms with van der Waals surface area (Å²) in [5.74, 6) is -3.53. The maximum absolute atomic E-state index is 12.8. The minimum Gasteiger partial charge on any atom is -0.394 e. The molecule has 4 atom stereocenters. The van der Waals surface area contributed by atoms with Crippen LogP contribution in [-0.4, -0.2) is 76.9 Å².